The first-order valence-corrected chi connectivity index (χ1v) is 7.40. The summed E-state index contributed by atoms with van der Waals surface area (Å²) in [5, 5.41) is 3.40. The molecule has 108 valence electrons. The number of likely N-dealkylation sites (tertiary alicyclic amines) is 1. The van der Waals surface area contributed by atoms with Crippen LogP contribution in [0.1, 0.15) is 24.2 Å². The van der Waals surface area contributed by atoms with E-state index >= 15 is 0 Å². The quantitative estimate of drug-likeness (QED) is 0.913. The van der Waals surface area contributed by atoms with E-state index < -0.39 is 0 Å². The Labute approximate surface area is 120 Å². The van der Waals surface area contributed by atoms with Crippen LogP contribution < -0.4 is 10.1 Å². The normalized spacial score (nSPS) is 25.1. The fourth-order valence-corrected chi connectivity index (χ4v) is 3.18. The van der Waals surface area contributed by atoms with Crippen molar-refractivity contribution in [1.82, 2.24) is 10.2 Å². The fraction of sp³-hybridized carbons (Fsp3) is 0.562. The van der Waals surface area contributed by atoms with Gasteiger partial charge in [-0.15, -0.1) is 0 Å². The summed E-state index contributed by atoms with van der Waals surface area (Å²) >= 11 is 0. The minimum Gasteiger partial charge on any atom is -0.491 e. The van der Waals surface area contributed by atoms with E-state index in [-0.39, 0.29) is 12.0 Å². The topological polar surface area (TPSA) is 41.6 Å². The van der Waals surface area contributed by atoms with Crippen molar-refractivity contribution in [3.8, 4) is 5.75 Å². The Morgan fingerprint density at radius 1 is 1.30 bits per heavy atom. The van der Waals surface area contributed by atoms with E-state index in [0.717, 1.165) is 37.5 Å². The molecule has 0 aliphatic carbocycles. The maximum Gasteiger partial charge on any atom is 0.254 e. The van der Waals surface area contributed by atoms with Gasteiger partial charge in [-0.1, -0.05) is 6.07 Å². The highest BCUT2D eigenvalue weighted by molar-refractivity contribution is 5.94. The molecule has 2 atom stereocenters. The summed E-state index contributed by atoms with van der Waals surface area (Å²) in [7, 11) is 0. The molecule has 0 bridgehead atoms. The maximum absolute atomic E-state index is 12.6. The van der Waals surface area contributed by atoms with E-state index in [4.69, 9.17) is 4.74 Å². The monoisotopic (exact) mass is 274 g/mol. The third-order valence-electron chi connectivity index (χ3n) is 4.13. The zero-order chi connectivity index (χ0) is 14.1. The second-order valence-corrected chi connectivity index (χ2v) is 6.08. The molecule has 4 nitrogen and oxygen atoms in total. The number of fused-ring (bicyclic) bond motifs is 1. The largest absolute Gasteiger partial charge is 0.491 e. The average Bonchev–Trinajstić information content (AvgIpc) is 2.98. The SMILES string of the molecule is CC(C)Oc1cccc(C(=O)N2CC3CNCC3C2)c1. The Morgan fingerprint density at radius 3 is 2.65 bits per heavy atom. The Bertz CT molecular complexity index is 489. The van der Waals surface area contributed by atoms with Crippen LogP contribution in [0.5, 0.6) is 5.75 Å². The molecular weight excluding hydrogens is 252 g/mol. The molecule has 1 aromatic rings. The molecule has 0 radical (unpaired) electrons. The molecule has 2 heterocycles. The minimum atomic E-state index is 0.123. The van der Waals surface area contributed by atoms with Crippen LogP contribution in [0.15, 0.2) is 24.3 Å². The standard InChI is InChI=1S/C16H22N2O2/c1-11(2)20-15-5-3-4-12(6-15)16(19)18-9-13-7-17-8-14(13)10-18/h3-6,11,13-14,17H,7-10H2,1-2H3. The van der Waals surface area contributed by atoms with Crippen LogP contribution in [0.3, 0.4) is 0 Å². The van der Waals surface area contributed by atoms with Gasteiger partial charge in [-0.05, 0) is 43.9 Å². The zero-order valence-corrected chi connectivity index (χ0v) is 12.1. The van der Waals surface area contributed by atoms with E-state index in [1.165, 1.54) is 0 Å². The summed E-state index contributed by atoms with van der Waals surface area (Å²) in [5.41, 5.74) is 0.732. The van der Waals surface area contributed by atoms with Crippen molar-refractivity contribution in [1.29, 1.82) is 0 Å². The molecule has 2 unspecified atom stereocenters. The Morgan fingerprint density at radius 2 is 2.00 bits per heavy atom. The van der Waals surface area contributed by atoms with E-state index in [9.17, 15) is 4.79 Å². The highest BCUT2D eigenvalue weighted by atomic mass is 16.5. The number of nitrogens with one attached hydrogen (secondary N) is 1. The van der Waals surface area contributed by atoms with Gasteiger partial charge in [0.1, 0.15) is 5.75 Å². The van der Waals surface area contributed by atoms with Crippen molar-refractivity contribution >= 4 is 5.91 Å². The molecule has 2 fully saturated rings. The van der Waals surface area contributed by atoms with Crippen LogP contribution in [0.25, 0.3) is 0 Å². The molecular formula is C16H22N2O2. The zero-order valence-electron chi connectivity index (χ0n) is 12.1. The van der Waals surface area contributed by atoms with Gasteiger partial charge < -0.3 is 15.0 Å². The third kappa shape index (κ3) is 2.66. The Hall–Kier alpha value is -1.55. The number of nitrogens with zero attached hydrogens (tertiary/aromatic N) is 1. The van der Waals surface area contributed by atoms with Gasteiger partial charge in [0.15, 0.2) is 0 Å². The molecule has 1 aromatic carbocycles. The number of carbonyl (C=O) groups is 1. The second-order valence-electron chi connectivity index (χ2n) is 6.08. The van der Waals surface area contributed by atoms with Crippen molar-refractivity contribution in [2.45, 2.75) is 20.0 Å². The van der Waals surface area contributed by atoms with Gasteiger partial charge >= 0.3 is 0 Å². The lowest BCUT2D eigenvalue weighted by atomic mass is 10.0. The molecule has 0 aromatic heterocycles. The van der Waals surface area contributed by atoms with Gasteiger partial charge in [0, 0.05) is 31.7 Å². The maximum atomic E-state index is 12.6. The number of hydrogen-bond acceptors (Lipinski definition) is 3. The lowest BCUT2D eigenvalue weighted by molar-refractivity contribution is 0.0781. The first-order chi connectivity index (χ1) is 9.63. The highest BCUT2D eigenvalue weighted by Gasteiger charge is 2.38. The molecule has 0 spiro atoms. The van der Waals surface area contributed by atoms with Crippen LogP contribution in [-0.2, 0) is 0 Å². The molecule has 2 aliphatic rings. The van der Waals surface area contributed by atoms with Gasteiger partial charge in [-0.2, -0.15) is 0 Å². The number of carbonyl (C=O) groups excluding carboxylic acids is 1. The van der Waals surface area contributed by atoms with Crippen molar-refractivity contribution in [3.05, 3.63) is 29.8 Å². The minimum absolute atomic E-state index is 0.123. The first kappa shape index (κ1) is 13.4. The smallest absolute Gasteiger partial charge is 0.254 e. The van der Waals surface area contributed by atoms with Gasteiger partial charge in [-0.3, -0.25) is 4.79 Å². The third-order valence-corrected chi connectivity index (χ3v) is 4.13. The van der Waals surface area contributed by atoms with Gasteiger partial charge in [0.25, 0.3) is 5.91 Å². The van der Waals surface area contributed by atoms with Crippen molar-refractivity contribution in [2.75, 3.05) is 26.2 Å². The molecule has 4 heteroatoms. The van der Waals surface area contributed by atoms with E-state index in [1.54, 1.807) is 0 Å². The van der Waals surface area contributed by atoms with Crippen LogP contribution in [0.2, 0.25) is 0 Å². The van der Waals surface area contributed by atoms with E-state index in [0.29, 0.717) is 11.8 Å². The van der Waals surface area contributed by atoms with Gasteiger partial charge in [0.05, 0.1) is 6.10 Å². The predicted molar refractivity (Wildman–Crippen MR) is 78.0 cm³/mol. The number of ether oxygens (including phenoxy) is 1. The summed E-state index contributed by atoms with van der Waals surface area (Å²) in [6.45, 7) is 7.83. The number of rotatable bonds is 3. The molecule has 1 N–H and O–H groups in total. The van der Waals surface area contributed by atoms with Crippen molar-refractivity contribution in [3.63, 3.8) is 0 Å². The molecule has 3 rings (SSSR count). The molecule has 2 aliphatic heterocycles. The summed E-state index contributed by atoms with van der Waals surface area (Å²) < 4.78 is 5.66. The highest BCUT2D eigenvalue weighted by Crippen LogP contribution is 2.28. The molecule has 20 heavy (non-hydrogen) atoms. The lowest BCUT2D eigenvalue weighted by Gasteiger charge is -2.18. The van der Waals surface area contributed by atoms with Gasteiger partial charge in [-0.25, -0.2) is 0 Å². The summed E-state index contributed by atoms with van der Waals surface area (Å²) in [6, 6.07) is 7.53. The van der Waals surface area contributed by atoms with E-state index in [2.05, 4.69) is 5.32 Å². The molecule has 0 saturated carbocycles. The predicted octanol–water partition coefficient (Wildman–Crippen LogP) is 1.77. The van der Waals surface area contributed by atoms with E-state index in [1.807, 2.05) is 43.0 Å². The van der Waals surface area contributed by atoms with Crippen molar-refractivity contribution in [2.24, 2.45) is 11.8 Å². The Balaban J connectivity index is 1.71. The van der Waals surface area contributed by atoms with Crippen LogP contribution in [-0.4, -0.2) is 43.1 Å². The van der Waals surface area contributed by atoms with Crippen LogP contribution in [0.4, 0.5) is 0 Å². The molecule has 1 amide bonds. The number of amides is 1. The van der Waals surface area contributed by atoms with Crippen LogP contribution >= 0.6 is 0 Å². The number of benzene rings is 1. The molecule has 2 saturated heterocycles. The van der Waals surface area contributed by atoms with Crippen LogP contribution in [0, 0.1) is 11.8 Å². The summed E-state index contributed by atoms with van der Waals surface area (Å²) in [6.07, 6.45) is 0.123. The lowest BCUT2D eigenvalue weighted by Crippen LogP contribution is -2.31. The fourth-order valence-electron chi connectivity index (χ4n) is 3.18. The number of hydrogen-bond donors (Lipinski definition) is 1. The Kier molecular flexibility index (Phi) is 3.66. The second kappa shape index (κ2) is 5.44. The first-order valence-electron chi connectivity index (χ1n) is 7.40. The van der Waals surface area contributed by atoms with Gasteiger partial charge in [0.2, 0.25) is 0 Å². The average molecular weight is 274 g/mol. The van der Waals surface area contributed by atoms with Crippen molar-refractivity contribution < 1.29 is 9.53 Å². The summed E-state index contributed by atoms with van der Waals surface area (Å²) in [5.74, 6) is 2.17. The summed E-state index contributed by atoms with van der Waals surface area (Å²) in [4.78, 5) is 14.6.